The van der Waals surface area contributed by atoms with E-state index in [9.17, 15) is 9.18 Å². The molecule has 7 heteroatoms. The summed E-state index contributed by atoms with van der Waals surface area (Å²) in [4.78, 5) is 22.8. The Kier molecular flexibility index (Phi) is 7.65. The van der Waals surface area contributed by atoms with E-state index in [4.69, 9.17) is 0 Å². The molecule has 3 aromatic rings. The van der Waals surface area contributed by atoms with Crippen LogP contribution in [-0.4, -0.2) is 48.5 Å². The second-order valence-corrected chi connectivity index (χ2v) is 11.0. The first kappa shape index (κ1) is 26.2. The number of fused-ring (bicyclic) bond motifs is 1. The van der Waals surface area contributed by atoms with E-state index in [-0.39, 0.29) is 17.1 Å². The minimum atomic E-state index is -0.273. The van der Waals surface area contributed by atoms with Crippen molar-refractivity contribution in [1.82, 2.24) is 9.88 Å². The summed E-state index contributed by atoms with van der Waals surface area (Å²) in [6.45, 7) is 8.36. The van der Waals surface area contributed by atoms with E-state index in [2.05, 4.69) is 58.4 Å². The molecule has 2 aromatic carbocycles. The number of anilines is 3. The molecule has 2 N–H and O–H groups in total. The zero-order valence-electron chi connectivity index (χ0n) is 22.6. The fraction of sp³-hybridized carbons (Fsp3) is 0.419. The topological polar surface area (TPSA) is 60.5 Å². The number of likely N-dealkylation sites (tertiary alicyclic amines) is 1. The normalized spacial score (nSPS) is 21.6. The summed E-state index contributed by atoms with van der Waals surface area (Å²) in [5.41, 5.74) is 4.90. The summed E-state index contributed by atoms with van der Waals surface area (Å²) in [6.07, 6.45) is 6.30. The van der Waals surface area contributed by atoms with Crippen molar-refractivity contribution in [2.24, 2.45) is 0 Å². The molecule has 38 heavy (non-hydrogen) atoms. The smallest absolute Gasteiger partial charge is 0.259 e. The molecule has 1 saturated heterocycles. The highest BCUT2D eigenvalue weighted by Gasteiger charge is 2.40. The number of hydrogen-bond acceptors (Lipinski definition) is 5. The Labute approximate surface area is 225 Å². The Morgan fingerprint density at radius 3 is 2.74 bits per heavy atom. The Morgan fingerprint density at radius 2 is 1.95 bits per heavy atom. The maximum atomic E-state index is 13.4. The fourth-order valence-electron chi connectivity index (χ4n) is 5.78. The number of rotatable bonds is 7. The Bertz CT molecular complexity index is 1280. The first-order chi connectivity index (χ1) is 18.4. The third-order valence-corrected chi connectivity index (χ3v) is 8.30. The van der Waals surface area contributed by atoms with Crippen LogP contribution in [0, 0.1) is 5.82 Å². The average Bonchev–Trinajstić information content (AvgIpc) is 3.05. The minimum absolute atomic E-state index is 0.108. The van der Waals surface area contributed by atoms with E-state index in [0.29, 0.717) is 24.0 Å². The Morgan fingerprint density at radius 1 is 1.13 bits per heavy atom. The van der Waals surface area contributed by atoms with Gasteiger partial charge in [-0.3, -0.25) is 4.79 Å². The summed E-state index contributed by atoms with van der Waals surface area (Å²) in [7, 11) is 2.21. The molecule has 2 atom stereocenters. The van der Waals surface area contributed by atoms with Gasteiger partial charge >= 0.3 is 0 Å². The number of nitrogens with zero attached hydrogens (tertiary/aromatic N) is 3. The summed E-state index contributed by atoms with van der Waals surface area (Å²) in [5.74, 6) is 0.0157. The predicted octanol–water partition coefficient (Wildman–Crippen LogP) is 6.06. The van der Waals surface area contributed by atoms with E-state index in [0.717, 1.165) is 43.7 Å². The van der Waals surface area contributed by atoms with Crippen LogP contribution >= 0.6 is 0 Å². The van der Waals surface area contributed by atoms with Crippen molar-refractivity contribution in [2.75, 3.05) is 42.2 Å². The van der Waals surface area contributed by atoms with Crippen LogP contribution in [-0.2, 0) is 12.0 Å². The van der Waals surface area contributed by atoms with Gasteiger partial charge in [0.2, 0.25) is 0 Å². The number of benzene rings is 2. The van der Waals surface area contributed by atoms with Crippen LogP contribution in [0.25, 0.3) is 0 Å². The lowest BCUT2D eigenvalue weighted by Crippen LogP contribution is -2.38. The number of nitrogens with one attached hydrogen (secondary N) is 2. The van der Waals surface area contributed by atoms with Gasteiger partial charge < -0.3 is 20.4 Å². The van der Waals surface area contributed by atoms with Gasteiger partial charge in [0.15, 0.2) is 0 Å². The molecule has 2 aliphatic heterocycles. The number of amides is 1. The lowest BCUT2D eigenvalue weighted by molar-refractivity contribution is 0.102. The van der Waals surface area contributed by atoms with Crippen molar-refractivity contribution in [1.29, 1.82) is 0 Å². The van der Waals surface area contributed by atoms with Crippen LogP contribution < -0.4 is 15.5 Å². The highest BCUT2D eigenvalue weighted by atomic mass is 19.1. The van der Waals surface area contributed by atoms with Gasteiger partial charge in [-0.1, -0.05) is 32.0 Å². The maximum Gasteiger partial charge on any atom is 0.259 e. The van der Waals surface area contributed by atoms with Crippen molar-refractivity contribution < 1.29 is 9.18 Å². The second-order valence-electron chi connectivity index (χ2n) is 11.0. The molecule has 5 rings (SSSR count). The molecule has 1 fully saturated rings. The lowest BCUT2D eigenvalue weighted by atomic mass is 9.82. The van der Waals surface area contributed by atoms with Gasteiger partial charge in [-0.15, -0.1) is 0 Å². The molecular weight excluding hydrogens is 477 g/mol. The average molecular weight is 516 g/mol. The minimum Gasteiger partial charge on any atom is -0.367 e. The van der Waals surface area contributed by atoms with E-state index in [1.165, 1.54) is 36.2 Å². The quantitative estimate of drug-likeness (QED) is 0.401. The van der Waals surface area contributed by atoms with Crippen LogP contribution in [0.15, 0.2) is 60.8 Å². The first-order valence-electron chi connectivity index (χ1n) is 13.7. The van der Waals surface area contributed by atoms with E-state index in [1.54, 1.807) is 30.5 Å². The third-order valence-electron chi connectivity index (χ3n) is 8.30. The molecule has 2 unspecified atom stereocenters. The van der Waals surface area contributed by atoms with Crippen LogP contribution in [0.4, 0.5) is 21.6 Å². The molecule has 2 aliphatic rings. The lowest BCUT2D eigenvalue weighted by Gasteiger charge is -2.32. The molecule has 0 bridgehead atoms. The van der Waals surface area contributed by atoms with Crippen LogP contribution in [0.2, 0.25) is 0 Å². The number of halogens is 1. The molecule has 6 nitrogen and oxygen atoms in total. The molecular formula is C31H38FN5O. The number of pyridine rings is 1. The predicted molar refractivity (Wildman–Crippen MR) is 152 cm³/mol. The zero-order chi connectivity index (χ0) is 26.7. The highest BCUT2D eigenvalue weighted by molar-refractivity contribution is 6.07. The molecule has 1 aromatic heterocycles. The molecule has 3 heterocycles. The maximum absolute atomic E-state index is 13.4. The summed E-state index contributed by atoms with van der Waals surface area (Å²) in [5, 5.41) is 6.35. The highest BCUT2D eigenvalue weighted by Crippen LogP contribution is 2.46. The van der Waals surface area contributed by atoms with Crippen molar-refractivity contribution in [3.63, 3.8) is 0 Å². The van der Waals surface area contributed by atoms with Gasteiger partial charge in [0, 0.05) is 42.1 Å². The van der Waals surface area contributed by atoms with Gasteiger partial charge in [0.1, 0.15) is 11.6 Å². The van der Waals surface area contributed by atoms with Crippen molar-refractivity contribution in [3.8, 4) is 0 Å². The molecule has 0 saturated carbocycles. The van der Waals surface area contributed by atoms with E-state index < -0.39 is 0 Å². The van der Waals surface area contributed by atoms with E-state index >= 15 is 0 Å². The molecule has 200 valence electrons. The fourth-order valence-corrected chi connectivity index (χ4v) is 5.78. The van der Waals surface area contributed by atoms with Gasteiger partial charge in [-0.05, 0) is 93.3 Å². The summed E-state index contributed by atoms with van der Waals surface area (Å²) in [6, 6.07) is 16.7. The van der Waals surface area contributed by atoms with Crippen LogP contribution in [0.3, 0.4) is 0 Å². The Hall–Kier alpha value is -3.45. The SMILES string of the molecule is CCC1(C)CN(C2CCCN(C)CC2)c2cc(NC(=O)c3cccnc3NCc3ccc(F)cc3)ccc21. The van der Waals surface area contributed by atoms with E-state index in [1.807, 2.05) is 6.07 Å². The van der Waals surface area contributed by atoms with Crippen LogP contribution in [0.1, 0.15) is 61.0 Å². The number of carbonyl (C=O) groups is 1. The monoisotopic (exact) mass is 515 g/mol. The molecule has 1 amide bonds. The van der Waals surface area contributed by atoms with Gasteiger partial charge in [0.05, 0.1) is 5.56 Å². The van der Waals surface area contributed by atoms with Gasteiger partial charge in [-0.25, -0.2) is 9.37 Å². The van der Waals surface area contributed by atoms with Gasteiger partial charge in [-0.2, -0.15) is 0 Å². The van der Waals surface area contributed by atoms with Crippen molar-refractivity contribution >= 4 is 23.1 Å². The largest absolute Gasteiger partial charge is 0.367 e. The third kappa shape index (κ3) is 5.53. The molecule has 0 aliphatic carbocycles. The van der Waals surface area contributed by atoms with Crippen molar-refractivity contribution in [3.05, 3.63) is 83.3 Å². The zero-order valence-corrected chi connectivity index (χ0v) is 22.6. The summed E-state index contributed by atoms with van der Waals surface area (Å²) < 4.78 is 13.2. The van der Waals surface area contributed by atoms with Gasteiger partial charge in [0.25, 0.3) is 5.91 Å². The molecule has 0 radical (unpaired) electrons. The number of aromatic nitrogens is 1. The van der Waals surface area contributed by atoms with Crippen molar-refractivity contribution in [2.45, 2.75) is 57.5 Å². The number of hydrogen-bond donors (Lipinski definition) is 2. The second kappa shape index (κ2) is 11.1. The summed E-state index contributed by atoms with van der Waals surface area (Å²) >= 11 is 0. The van der Waals surface area contributed by atoms with Crippen LogP contribution in [0.5, 0.6) is 0 Å². The number of carbonyl (C=O) groups excluding carboxylic acids is 1. The standard InChI is InChI=1S/C31H38FN5O/c1-4-31(2)21-37(25-7-6-17-36(3)18-15-25)28-19-24(13-14-27(28)31)35-30(38)26-8-5-16-33-29(26)34-20-22-9-11-23(32)12-10-22/h5,8-14,16,19,25H,4,6-7,15,17-18,20-21H2,1-3H3,(H,33,34)(H,35,38). The Balaban J connectivity index is 1.35. The first-order valence-corrected chi connectivity index (χ1v) is 13.7. The molecule has 0 spiro atoms.